The van der Waals surface area contributed by atoms with Crippen LogP contribution in [-0.4, -0.2) is 32.3 Å². The van der Waals surface area contributed by atoms with Gasteiger partial charge in [-0.15, -0.1) is 0 Å². The maximum Gasteiger partial charge on any atom is 0.286 e. The molecule has 8 heteroatoms. The highest BCUT2D eigenvalue weighted by Crippen LogP contribution is 2.34. The Balaban J connectivity index is 1.34. The van der Waals surface area contributed by atoms with Crippen LogP contribution in [-0.2, 0) is 17.8 Å². The Hall–Kier alpha value is -2.87. The van der Waals surface area contributed by atoms with Crippen molar-refractivity contribution in [2.45, 2.75) is 24.6 Å². The monoisotopic (exact) mass is 399 g/mol. The average Bonchev–Trinajstić information content (AvgIpc) is 3.16. The number of carbonyl (C=O) groups excluding carboxylic acids is 2. The van der Waals surface area contributed by atoms with Gasteiger partial charge in [0.1, 0.15) is 22.9 Å². The molecule has 1 aliphatic rings. The molecule has 6 nitrogen and oxygen atoms in total. The van der Waals surface area contributed by atoms with E-state index in [4.69, 9.17) is 4.74 Å². The van der Waals surface area contributed by atoms with Crippen molar-refractivity contribution in [1.82, 2.24) is 15.1 Å². The predicted octanol–water partition coefficient (Wildman–Crippen LogP) is 3.54. The number of hydrogen-bond donors (Lipinski definition) is 1. The molecule has 0 aliphatic carbocycles. The second-order valence-electron chi connectivity index (χ2n) is 6.81. The summed E-state index contributed by atoms with van der Waals surface area (Å²) in [6.45, 7) is 2.72. The van der Waals surface area contributed by atoms with Crippen LogP contribution in [0.25, 0.3) is 10.9 Å². The lowest BCUT2D eigenvalue weighted by atomic mass is 9.99. The third-order valence-electron chi connectivity index (χ3n) is 4.65. The highest BCUT2D eigenvalue weighted by molar-refractivity contribution is 8.16. The van der Waals surface area contributed by atoms with E-state index >= 15 is 0 Å². The van der Waals surface area contributed by atoms with E-state index in [9.17, 15) is 14.0 Å². The molecule has 0 radical (unpaired) electrons. The lowest BCUT2D eigenvalue weighted by molar-refractivity contribution is -0.121. The summed E-state index contributed by atoms with van der Waals surface area (Å²) in [6.07, 6.45) is 2.10. The van der Waals surface area contributed by atoms with Crippen molar-refractivity contribution in [2.24, 2.45) is 0 Å². The van der Waals surface area contributed by atoms with Gasteiger partial charge in [-0.25, -0.2) is 4.39 Å². The molecule has 1 aromatic heterocycles. The van der Waals surface area contributed by atoms with Gasteiger partial charge in [0, 0.05) is 5.39 Å². The fraction of sp³-hybridized carbons (Fsp3) is 0.250. The van der Waals surface area contributed by atoms with Gasteiger partial charge in [0.05, 0.1) is 18.3 Å². The molecule has 0 spiro atoms. The molecule has 2 heterocycles. The minimum atomic E-state index is -0.778. The third kappa shape index (κ3) is 3.73. The lowest BCUT2D eigenvalue weighted by Crippen LogP contribution is -2.35. The Kier molecular flexibility index (Phi) is 4.80. The molecule has 144 valence electrons. The number of rotatable bonds is 6. The number of benzene rings is 2. The van der Waals surface area contributed by atoms with E-state index in [0.717, 1.165) is 28.2 Å². The first-order valence-electron chi connectivity index (χ1n) is 8.80. The van der Waals surface area contributed by atoms with Crippen molar-refractivity contribution in [1.29, 1.82) is 0 Å². The third-order valence-corrected chi connectivity index (χ3v) is 5.72. The molecule has 3 aromatic rings. The maximum atomic E-state index is 13.2. The van der Waals surface area contributed by atoms with E-state index in [2.05, 4.69) is 10.4 Å². The number of fused-ring (bicyclic) bond motifs is 1. The molecule has 1 aliphatic heterocycles. The summed E-state index contributed by atoms with van der Waals surface area (Å²) < 4.78 is 20.0. The van der Waals surface area contributed by atoms with Gasteiger partial charge in [-0.3, -0.25) is 19.6 Å². The van der Waals surface area contributed by atoms with Crippen molar-refractivity contribution < 1.29 is 18.7 Å². The summed E-state index contributed by atoms with van der Waals surface area (Å²) in [5.41, 5.74) is 1.81. The molecule has 2 amide bonds. The average molecular weight is 399 g/mol. The number of thioether (sulfide) groups is 1. The maximum absolute atomic E-state index is 13.2. The van der Waals surface area contributed by atoms with Gasteiger partial charge in [-0.2, -0.15) is 5.10 Å². The topological polar surface area (TPSA) is 73.2 Å². The molecule has 0 bridgehead atoms. The quantitative estimate of drug-likeness (QED) is 0.686. The molecule has 1 fully saturated rings. The highest BCUT2D eigenvalue weighted by Gasteiger charge is 2.43. The van der Waals surface area contributed by atoms with Crippen molar-refractivity contribution in [3.8, 4) is 5.75 Å². The van der Waals surface area contributed by atoms with Crippen molar-refractivity contribution in [2.75, 3.05) is 6.61 Å². The van der Waals surface area contributed by atoms with Crippen LogP contribution in [0.15, 0.2) is 48.7 Å². The number of carbonyl (C=O) groups is 2. The molecule has 0 saturated carbocycles. The first-order chi connectivity index (χ1) is 13.4. The van der Waals surface area contributed by atoms with Crippen molar-refractivity contribution in [3.63, 3.8) is 0 Å². The highest BCUT2D eigenvalue weighted by atomic mass is 32.2. The summed E-state index contributed by atoms with van der Waals surface area (Å²) in [5, 5.41) is 7.04. The number of amides is 2. The molecule has 1 saturated heterocycles. The Morgan fingerprint density at radius 1 is 1.21 bits per heavy atom. The molecule has 1 unspecified atom stereocenters. The van der Waals surface area contributed by atoms with E-state index in [-0.39, 0.29) is 17.0 Å². The summed E-state index contributed by atoms with van der Waals surface area (Å²) in [5.74, 6) is 0.167. The number of ether oxygens (including phenoxy) is 1. The number of aromatic nitrogens is 2. The predicted molar refractivity (Wildman–Crippen MR) is 105 cm³/mol. The number of halogens is 1. The van der Waals surface area contributed by atoms with E-state index in [0.29, 0.717) is 25.3 Å². The Bertz CT molecular complexity index is 1050. The second-order valence-corrected chi connectivity index (χ2v) is 8.29. The van der Waals surface area contributed by atoms with Crippen LogP contribution < -0.4 is 10.1 Å². The van der Waals surface area contributed by atoms with Gasteiger partial charge in [0.15, 0.2) is 0 Å². The normalized spacial score (nSPS) is 19.2. The Morgan fingerprint density at radius 3 is 2.71 bits per heavy atom. The lowest BCUT2D eigenvalue weighted by Gasteiger charge is -2.18. The number of hydrogen-bond acceptors (Lipinski definition) is 5. The molecule has 2 aromatic carbocycles. The van der Waals surface area contributed by atoms with Gasteiger partial charge in [0.25, 0.3) is 5.24 Å². The van der Waals surface area contributed by atoms with Gasteiger partial charge in [-0.05, 0) is 61.0 Å². The zero-order chi connectivity index (χ0) is 19.7. The zero-order valence-corrected chi connectivity index (χ0v) is 16.0. The first-order valence-corrected chi connectivity index (χ1v) is 9.62. The van der Waals surface area contributed by atoms with E-state index < -0.39 is 4.75 Å². The number of nitrogens with zero attached hydrogens (tertiary/aromatic N) is 2. The minimum Gasteiger partial charge on any atom is -0.492 e. The van der Waals surface area contributed by atoms with E-state index in [1.165, 1.54) is 12.1 Å². The van der Waals surface area contributed by atoms with Crippen LogP contribution in [0.5, 0.6) is 5.75 Å². The molecular formula is C20H18FN3O3S. The van der Waals surface area contributed by atoms with E-state index in [1.807, 2.05) is 24.3 Å². The van der Waals surface area contributed by atoms with Crippen LogP contribution in [0.2, 0.25) is 0 Å². The standard InChI is InChI=1S/C20H18FN3O3S/c1-20(18(25)23-19(26)28-20)11-13-2-5-16(6-3-13)27-9-8-24-17-7-4-15(21)10-14(17)12-22-24/h2-7,10,12H,8-9,11H2,1H3,(H,23,25,26). The van der Waals surface area contributed by atoms with Crippen molar-refractivity contribution in [3.05, 3.63) is 60.0 Å². The molecular weight excluding hydrogens is 381 g/mol. The van der Waals surface area contributed by atoms with E-state index in [1.54, 1.807) is 23.9 Å². The molecule has 4 rings (SSSR count). The van der Waals surface area contributed by atoms with Crippen LogP contribution in [0.4, 0.5) is 9.18 Å². The van der Waals surface area contributed by atoms with Crippen LogP contribution in [0.1, 0.15) is 12.5 Å². The van der Waals surface area contributed by atoms with Crippen LogP contribution in [0.3, 0.4) is 0 Å². The molecule has 28 heavy (non-hydrogen) atoms. The smallest absolute Gasteiger partial charge is 0.286 e. The molecule has 1 atom stereocenters. The summed E-state index contributed by atoms with van der Waals surface area (Å²) >= 11 is 1.03. The fourth-order valence-corrected chi connectivity index (χ4v) is 4.13. The van der Waals surface area contributed by atoms with Gasteiger partial charge in [-0.1, -0.05) is 12.1 Å². The molecule has 1 N–H and O–H groups in total. The second kappa shape index (κ2) is 7.27. The SMILES string of the molecule is CC1(Cc2ccc(OCCn3ncc4cc(F)ccc43)cc2)SC(=O)NC1=O. The Morgan fingerprint density at radius 2 is 2.00 bits per heavy atom. The van der Waals surface area contributed by atoms with Gasteiger partial charge in [0.2, 0.25) is 5.91 Å². The summed E-state index contributed by atoms with van der Waals surface area (Å²) in [7, 11) is 0. The van der Waals surface area contributed by atoms with Gasteiger partial charge >= 0.3 is 0 Å². The number of nitrogens with one attached hydrogen (secondary N) is 1. The largest absolute Gasteiger partial charge is 0.492 e. The zero-order valence-electron chi connectivity index (χ0n) is 15.1. The summed E-state index contributed by atoms with van der Waals surface area (Å²) in [4.78, 5) is 23.3. The van der Waals surface area contributed by atoms with Crippen molar-refractivity contribution >= 4 is 33.8 Å². The van der Waals surface area contributed by atoms with Gasteiger partial charge < -0.3 is 4.74 Å². The minimum absolute atomic E-state index is 0.255. The van der Waals surface area contributed by atoms with Crippen LogP contribution >= 0.6 is 11.8 Å². The van der Waals surface area contributed by atoms with Crippen LogP contribution in [0, 0.1) is 5.82 Å². The summed E-state index contributed by atoms with van der Waals surface area (Å²) in [6, 6.07) is 12.0. The Labute approximate surface area is 165 Å². The number of imide groups is 1. The fourth-order valence-electron chi connectivity index (χ4n) is 3.20. The first kappa shape index (κ1) is 18.5.